The van der Waals surface area contributed by atoms with Gasteiger partial charge < -0.3 is 14.1 Å². The minimum Gasteiger partial charge on any atom is -0.508 e. The van der Waals surface area contributed by atoms with Crippen molar-refractivity contribution in [2.24, 2.45) is 0 Å². The maximum absolute atomic E-state index is 12.0. The Balaban J connectivity index is 1.88. The van der Waals surface area contributed by atoms with Gasteiger partial charge in [0.25, 0.3) is 0 Å². The summed E-state index contributed by atoms with van der Waals surface area (Å²) >= 11 is 1.49. The number of anilines is 1. The molecule has 0 fully saturated rings. The number of carbonyl (C=O) groups excluding carboxylic acids is 1. The normalized spacial score (nSPS) is 10.5. The Kier molecular flexibility index (Phi) is 5.43. The van der Waals surface area contributed by atoms with Crippen LogP contribution in [-0.4, -0.2) is 40.0 Å². The summed E-state index contributed by atoms with van der Waals surface area (Å²) in [4.78, 5) is 16.9. The van der Waals surface area contributed by atoms with Crippen LogP contribution in [-0.2, 0) is 11.3 Å². The molecule has 7 nitrogen and oxygen atoms in total. The van der Waals surface area contributed by atoms with Crippen molar-refractivity contribution in [3.05, 3.63) is 66.2 Å². The van der Waals surface area contributed by atoms with E-state index in [1.807, 2.05) is 29.6 Å². The number of hydrogen-bond acceptors (Lipinski definition) is 7. The Morgan fingerprint density at radius 1 is 1.27 bits per heavy atom. The van der Waals surface area contributed by atoms with Crippen molar-refractivity contribution < 1.29 is 14.6 Å². The lowest BCUT2D eigenvalue weighted by Gasteiger charge is -2.20. The summed E-state index contributed by atoms with van der Waals surface area (Å²) in [6.07, 6.45) is 3.09. The van der Waals surface area contributed by atoms with E-state index in [2.05, 4.69) is 10.1 Å². The number of rotatable bonds is 6. The molecule has 0 unspecified atom stereocenters. The van der Waals surface area contributed by atoms with Crippen molar-refractivity contribution >= 4 is 23.6 Å². The van der Waals surface area contributed by atoms with Crippen LogP contribution in [0.15, 0.2) is 60.0 Å². The number of phenolic OH excluding ortho intramolecular Hbond substituents is 1. The van der Waals surface area contributed by atoms with Crippen molar-refractivity contribution in [2.75, 3.05) is 18.5 Å². The SMILES string of the molecule is COC(=O)c1cc(Cn2cncn2)cc(N(C)Sc2ccc(O)cc2)c1. The zero-order valence-corrected chi connectivity index (χ0v) is 15.2. The van der Waals surface area contributed by atoms with Crippen LogP contribution in [0.3, 0.4) is 0 Å². The van der Waals surface area contributed by atoms with Gasteiger partial charge in [0.2, 0.25) is 0 Å². The molecular weight excluding hydrogens is 352 g/mol. The first-order valence-corrected chi connectivity index (χ1v) is 8.58. The number of phenols is 1. The molecule has 0 aliphatic heterocycles. The minimum absolute atomic E-state index is 0.222. The van der Waals surface area contributed by atoms with Crippen LogP contribution >= 0.6 is 11.9 Å². The Hall–Kier alpha value is -3.00. The second-order valence-electron chi connectivity index (χ2n) is 5.56. The molecule has 1 N–H and O–H groups in total. The standard InChI is InChI=1S/C18H18N4O3S/c1-21(26-17-5-3-16(23)4-6-17)15-8-13(10-22-12-19-11-20-22)7-14(9-15)18(24)25-2/h3-9,11-12,23H,10H2,1-2H3. The van der Waals surface area contributed by atoms with Crippen LogP contribution in [0.1, 0.15) is 15.9 Å². The molecule has 26 heavy (non-hydrogen) atoms. The number of hydrogen-bond donors (Lipinski definition) is 1. The van der Waals surface area contributed by atoms with Crippen molar-refractivity contribution in [3.63, 3.8) is 0 Å². The average molecular weight is 370 g/mol. The molecule has 0 spiro atoms. The maximum atomic E-state index is 12.0. The third kappa shape index (κ3) is 4.34. The average Bonchev–Trinajstić information content (AvgIpc) is 3.15. The van der Waals surface area contributed by atoms with Gasteiger partial charge in [-0.15, -0.1) is 0 Å². The monoisotopic (exact) mass is 370 g/mol. The van der Waals surface area contributed by atoms with Gasteiger partial charge in [-0.3, -0.25) is 0 Å². The molecule has 0 saturated heterocycles. The lowest BCUT2D eigenvalue weighted by atomic mass is 10.1. The fourth-order valence-corrected chi connectivity index (χ4v) is 3.19. The van der Waals surface area contributed by atoms with Gasteiger partial charge in [0.1, 0.15) is 18.4 Å². The maximum Gasteiger partial charge on any atom is 0.337 e. The third-order valence-corrected chi connectivity index (χ3v) is 4.62. The number of aromatic nitrogens is 3. The summed E-state index contributed by atoms with van der Waals surface area (Å²) in [5, 5.41) is 13.5. The number of ether oxygens (including phenoxy) is 1. The quantitative estimate of drug-likeness (QED) is 0.528. The summed E-state index contributed by atoms with van der Waals surface area (Å²) in [5.74, 6) is -0.172. The molecule has 3 rings (SSSR count). The number of esters is 1. The molecule has 8 heteroatoms. The predicted octanol–water partition coefficient (Wildman–Crippen LogP) is 2.96. The summed E-state index contributed by atoms with van der Waals surface area (Å²) < 4.78 is 8.50. The van der Waals surface area contributed by atoms with E-state index in [-0.39, 0.29) is 5.75 Å². The summed E-state index contributed by atoms with van der Waals surface area (Å²) in [5.41, 5.74) is 2.23. The molecular formula is C18H18N4O3S. The van der Waals surface area contributed by atoms with Crippen LogP contribution in [0.5, 0.6) is 5.75 Å². The predicted molar refractivity (Wildman–Crippen MR) is 99.3 cm³/mol. The molecule has 0 radical (unpaired) electrons. The first kappa shape index (κ1) is 17.8. The Morgan fingerprint density at radius 2 is 2.04 bits per heavy atom. The number of nitrogens with zero attached hydrogens (tertiary/aromatic N) is 4. The Bertz CT molecular complexity index is 882. The van der Waals surface area contributed by atoms with Crippen molar-refractivity contribution in [1.29, 1.82) is 0 Å². The zero-order valence-electron chi connectivity index (χ0n) is 14.4. The molecule has 134 valence electrons. The van der Waals surface area contributed by atoms with Gasteiger partial charge in [-0.25, -0.2) is 14.5 Å². The van der Waals surface area contributed by atoms with E-state index < -0.39 is 5.97 Å². The second kappa shape index (κ2) is 7.92. The van der Waals surface area contributed by atoms with E-state index in [1.165, 1.54) is 25.4 Å². The highest BCUT2D eigenvalue weighted by atomic mass is 32.2. The van der Waals surface area contributed by atoms with E-state index in [0.29, 0.717) is 12.1 Å². The second-order valence-corrected chi connectivity index (χ2v) is 6.76. The van der Waals surface area contributed by atoms with E-state index in [9.17, 15) is 9.90 Å². The molecule has 0 bridgehead atoms. The summed E-state index contributed by atoms with van der Waals surface area (Å²) in [6, 6.07) is 12.5. The first-order valence-electron chi connectivity index (χ1n) is 7.80. The summed E-state index contributed by atoms with van der Waals surface area (Å²) in [7, 11) is 3.27. The topological polar surface area (TPSA) is 80.5 Å². The first-order chi connectivity index (χ1) is 12.5. The number of aromatic hydroxyl groups is 1. The molecule has 3 aromatic rings. The van der Waals surface area contributed by atoms with E-state index >= 15 is 0 Å². The highest BCUT2D eigenvalue weighted by Crippen LogP contribution is 2.30. The van der Waals surface area contributed by atoms with Crippen molar-refractivity contribution in [1.82, 2.24) is 14.8 Å². The molecule has 0 atom stereocenters. The number of carbonyl (C=O) groups is 1. The highest BCUT2D eigenvalue weighted by Gasteiger charge is 2.13. The highest BCUT2D eigenvalue weighted by molar-refractivity contribution is 8.00. The fraction of sp³-hybridized carbons (Fsp3) is 0.167. The number of methoxy groups -OCH3 is 1. The Labute approximate surface area is 155 Å². The zero-order chi connectivity index (χ0) is 18.5. The molecule has 0 amide bonds. The molecule has 0 saturated carbocycles. The van der Waals surface area contributed by atoms with Crippen molar-refractivity contribution in [3.8, 4) is 5.75 Å². The van der Waals surface area contributed by atoms with Crippen LogP contribution in [0, 0.1) is 0 Å². The largest absolute Gasteiger partial charge is 0.508 e. The number of benzene rings is 2. The third-order valence-electron chi connectivity index (χ3n) is 3.65. The lowest BCUT2D eigenvalue weighted by molar-refractivity contribution is 0.0600. The van der Waals surface area contributed by atoms with Crippen LogP contribution < -0.4 is 4.31 Å². The van der Waals surface area contributed by atoms with Crippen LogP contribution in [0.2, 0.25) is 0 Å². The van der Waals surface area contributed by atoms with Gasteiger partial charge in [-0.05, 0) is 60.0 Å². The van der Waals surface area contributed by atoms with Crippen LogP contribution in [0.4, 0.5) is 5.69 Å². The molecule has 1 aromatic heterocycles. The van der Waals surface area contributed by atoms with E-state index in [4.69, 9.17) is 4.74 Å². The molecule has 0 aliphatic rings. The fourth-order valence-electron chi connectivity index (χ4n) is 2.40. The van der Waals surface area contributed by atoms with Gasteiger partial charge >= 0.3 is 5.97 Å². The van der Waals surface area contributed by atoms with Crippen LogP contribution in [0.25, 0.3) is 0 Å². The van der Waals surface area contributed by atoms with E-state index in [1.54, 1.807) is 35.3 Å². The van der Waals surface area contributed by atoms with E-state index in [0.717, 1.165) is 16.1 Å². The van der Waals surface area contributed by atoms with Crippen molar-refractivity contribution in [2.45, 2.75) is 11.4 Å². The molecule has 1 heterocycles. The van der Waals surface area contributed by atoms with Gasteiger partial charge in [-0.1, -0.05) is 0 Å². The van der Waals surface area contributed by atoms with Gasteiger partial charge in [-0.2, -0.15) is 5.10 Å². The minimum atomic E-state index is -0.394. The van der Waals surface area contributed by atoms with Gasteiger partial charge in [0.15, 0.2) is 0 Å². The molecule has 0 aliphatic carbocycles. The summed E-state index contributed by atoms with van der Waals surface area (Å²) in [6.45, 7) is 0.496. The van der Waals surface area contributed by atoms with Gasteiger partial charge in [0.05, 0.1) is 19.2 Å². The Morgan fingerprint density at radius 3 is 2.69 bits per heavy atom. The molecule has 2 aromatic carbocycles. The smallest absolute Gasteiger partial charge is 0.337 e. The van der Waals surface area contributed by atoms with Gasteiger partial charge in [0, 0.05) is 17.6 Å². The lowest BCUT2D eigenvalue weighted by Crippen LogP contribution is -2.11.